The van der Waals surface area contributed by atoms with Gasteiger partial charge in [-0.1, -0.05) is 6.92 Å². The van der Waals surface area contributed by atoms with E-state index >= 15 is 0 Å². The molecular formula is C10H18N2O2. The van der Waals surface area contributed by atoms with Crippen molar-refractivity contribution in [2.45, 2.75) is 19.4 Å². The van der Waals surface area contributed by atoms with Gasteiger partial charge in [-0.05, 0) is 18.4 Å². The Kier molecular flexibility index (Phi) is 4.65. The first-order chi connectivity index (χ1) is 6.79. The number of rotatable bonds is 6. The molecule has 1 rings (SSSR count). The molecule has 1 aromatic rings. The fraction of sp³-hybridized carbons (Fsp3) is 0.600. The largest absolute Gasteiger partial charge is 0.472 e. The van der Waals surface area contributed by atoms with Gasteiger partial charge in [0.25, 0.3) is 0 Å². The molecule has 0 aromatic carbocycles. The smallest absolute Gasteiger partial charge is 0.0950 e. The second-order valence-electron chi connectivity index (χ2n) is 3.46. The van der Waals surface area contributed by atoms with Crippen molar-refractivity contribution in [2.24, 2.45) is 11.8 Å². The summed E-state index contributed by atoms with van der Waals surface area (Å²) in [6.45, 7) is 2.88. The lowest BCUT2D eigenvalue weighted by atomic mass is 9.94. The molecule has 0 saturated heterocycles. The number of methoxy groups -OCH3 is 1. The summed E-state index contributed by atoms with van der Waals surface area (Å²) in [4.78, 5) is 0. The zero-order chi connectivity index (χ0) is 10.4. The van der Waals surface area contributed by atoms with E-state index in [-0.39, 0.29) is 6.04 Å². The lowest BCUT2D eigenvalue weighted by Crippen LogP contribution is -2.32. The van der Waals surface area contributed by atoms with Crippen molar-refractivity contribution in [3.8, 4) is 0 Å². The van der Waals surface area contributed by atoms with Crippen LogP contribution in [0.1, 0.15) is 24.9 Å². The van der Waals surface area contributed by atoms with E-state index in [0.717, 1.165) is 18.6 Å². The first-order valence-electron chi connectivity index (χ1n) is 4.76. The van der Waals surface area contributed by atoms with Crippen LogP contribution in [0.4, 0.5) is 0 Å². The summed E-state index contributed by atoms with van der Waals surface area (Å²) in [5.41, 5.74) is 3.88. The molecule has 0 spiro atoms. The molecule has 0 amide bonds. The maximum absolute atomic E-state index is 5.50. The summed E-state index contributed by atoms with van der Waals surface area (Å²) in [5, 5.41) is 0. The van der Waals surface area contributed by atoms with E-state index in [1.165, 1.54) is 0 Å². The minimum atomic E-state index is 0.129. The second-order valence-corrected chi connectivity index (χ2v) is 3.46. The van der Waals surface area contributed by atoms with E-state index in [2.05, 4.69) is 12.3 Å². The number of ether oxygens (including phenoxy) is 1. The molecule has 2 unspecified atom stereocenters. The Morgan fingerprint density at radius 3 is 2.93 bits per heavy atom. The molecule has 4 heteroatoms. The lowest BCUT2D eigenvalue weighted by molar-refractivity contribution is 0.170. The van der Waals surface area contributed by atoms with Gasteiger partial charge >= 0.3 is 0 Å². The van der Waals surface area contributed by atoms with Gasteiger partial charge in [-0.2, -0.15) is 0 Å². The molecule has 14 heavy (non-hydrogen) atoms. The Morgan fingerprint density at radius 2 is 2.43 bits per heavy atom. The van der Waals surface area contributed by atoms with Crippen LogP contribution in [0.3, 0.4) is 0 Å². The fourth-order valence-electron chi connectivity index (χ4n) is 1.51. The molecule has 0 aliphatic heterocycles. The number of hydrogen-bond donors (Lipinski definition) is 2. The molecule has 1 aromatic heterocycles. The maximum atomic E-state index is 5.50. The Bertz CT molecular complexity index is 236. The van der Waals surface area contributed by atoms with Crippen molar-refractivity contribution in [2.75, 3.05) is 13.7 Å². The Morgan fingerprint density at radius 1 is 1.64 bits per heavy atom. The van der Waals surface area contributed by atoms with E-state index < -0.39 is 0 Å². The first kappa shape index (κ1) is 11.2. The topological polar surface area (TPSA) is 60.4 Å². The number of nitrogens with one attached hydrogen (secondary N) is 1. The Balaban J connectivity index is 2.53. The zero-order valence-electron chi connectivity index (χ0n) is 8.69. The van der Waals surface area contributed by atoms with Gasteiger partial charge in [-0.3, -0.25) is 11.3 Å². The molecular weight excluding hydrogens is 180 g/mol. The fourth-order valence-corrected chi connectivity index (χ4v) is 1.51. The van der Waals surface area contributed by atoms with Crippen LogP contribution < -0.4 is 11.3 Å². The van der Waals surface area contributed by atoms with Crippen LogP contribution >= 0.6 is 0 Å². The molecule has 0 radical (unpaired) electrons. The van der Waals surface area contributed by atoms with Gasteiger partial charge in [0.05, 0.1) is 18.6 Å². The zero-order valence-corrected chi connectivity index (χ0v) is 8.69. The molecule has 0 fully saturated rings. The summed E-state index contributed by atoms with van der Waals surface area (Å²) in [5.74, 6) is 5.92. The van der Waals surface area contributed by atoms with Crippen molar-refractivity contribution in [1.82, 2.24) is 5.43 Å². The van der Waals surface area contributed by atoms with Gasteiger partial charge in [-0.25, -0.2) is 0 Å². The molecule has 3 N–H and O–H groups in total. The van der Waals surface area contributed by atoms with Crippen molar-refractivity contribution >= 4 is 0 Å². The third-order valence-electron chi connectivity index (χ3n) is 2.43. The number of nitrogens with two attached hydrogens (primary N) is 1. The first-order valence-corrected chi connectivity index (χ1v) is 4.76. The normalized spacial score (nSPS) is 15.4. The van der Waals surface area contributed by atoms with Crippen LogP contribution in [0.5, 0.6) is 0 Å². The molecule has 0 saturated carbocycles. The van der Waals surface area contributed by atoms with E-state index in [1.54, 1.807) is 19.6 Å². The highest BCUT2D eigenvalue weighted by Crippen LogP contribution is 2.23. The quantitative estimate of drug-likeness (QED) is 0.536. The average Bonchev–Trinajstić information content (AvgIpc) is 2.69. The molecule has 4 nitrogen and oxygen atoms in total. The molecule has 80 valence electrons. The second kappa shape index (κ2) is 5.80. The number of hydrazine groups is 1. The highest BCUT2D eigenvalue weighted by molar-refractivity contribution is 5.12. The summed E-state index contributed by atoms with van der Waals surface area (Å²) >= 11 is 0. The number of hydrogen-bond acceptors (Lipinski definition) is 4. The molecule has 1 heterocycles. The summed E-state index contributed by atoms with van der Waals surface area (Å²) in [7, 11) is 1.70. The van der Waals surface area contributed by atoms with Crippen LogP contribution in [-0.4, -0.2) is 13.7 Å². The van der Waals surface area contributed by atoms with E-state index in [4.69, 9.17) is 15.0 Å². The molecule has 0 bridgehead atoms. The standard InChI is InChI=1S/C10H18N2O2/c1-8(3-5-13-2)10(12-11)9-4-6-14-7-9/h4,6-8,10,12H,3,5,11H2,1-2H3. The highest BCUT2D eigenvalue weighted by atomic mass is 16.5. The van der Waals surface area contributed by atoms with Gasteiger partial charge in [0, 0.05) is 19.3 Å². The minimum Gasteiger partial charge on any atom is -0.472 e. The third-order valence-corrected chi connectivity index (χ3v) is 2.43. The van der Waals surface area contributed by atoms with Crippen molar-refractivity contribution in [3.05, 3.63) is 24.2 Å². The minimum absolute atomic E-state index is 0.129. The van der Waals surface area contributed by atoms with Gasteiger partial charge in [0.1, 0.15) is 0 Å². The summed E-state index contributed by atoms with van der Waals surface area (Å²) in [6.07, 6.45) is 4.34. The molecule has 0 aliphatic rings. The van der Waals surface area contributed by atoms with Gasteiger partial charge in [0.15, 0.2) is 0 Å². The summed E-state index contributed by atoms with van der Waals surface area (Å²) < 4.78 is 10.1. The number of furan rings is 1. The highest BCUT2D eigenvalue weighted by Gasteiger charge is 2.18. The van der Waals surface area contributed by atoms with E-state index in [0.29, 0.717) is 5.92 Å². The van der Waals surface area contributed by atoms with Crippen molar-refractivity contribution < 1.29 is 9.15 Å². The Hall–Kier alpha value is -0.840. The van der Waals surface area contributed by atoms with E-state index in [1.807, 2.05) is 6.07 Å². The molecule has 0 aliphatic carbocycles. The van der Waals surface area contributed by atoms with Crippen LogP contribution in [0, 0.1) is 5.92 Å². The van der Waals surface area contributed by atoms with Gasteiger partial charge in [0.2, 0.25) is 0 Å². The predicted octanol–water partition coefficient (Wildman–Crippen LogP) is 1.46. The monoisotopic (exact) mass is 198 g/mol. The summed E-state index contributed by atoms with van der Waals surface area (Å²) in [6, 6.07) is 2.05. The van der Waals surface area contributed by atoms with Crippen LogP contribution in [0.25, 0.3) is 0 Å². The molecule has 2 atom stereocenters. The van der Waals surface area contributed by atoms with Crippen molar-refractivity contribution in [1.29, 1.82) is 0 Å². The maximum Gasteiger partial charge on any atom is 0.0950 e. The predicted molar refractivity (Wildman–Crippen MR) is 54.4 cm³/mol. The Labute approximate surface area is 84.4 Å². The van der Waals surface area contributed by atoms with Gasteiger partial charge < -0.3 is 9.15 Å². The van der Waals surface area contributed by atoms with Gasteiger partial charge in [-0.15, -0.1) is 0 Å². The van der Waals surface area contributed by atoms with Crippen LogP contribution in [-0.2, 0) is 4.74 Å². The lowest BCUT2D eigenvalue weighted by Gasteiger charge is -2.21. The SMILES string of the molecule is COCCC(C)C(NN)c1ccoc1. The van der Waals surface area contributed by atoms with Crippen LogP contribution in [0.15, 0.2) is 23.0 Å². The third kappa shape index (κ3) is 2.83. The van der Waals surface area contributed by atoms with Crippen molar-refractivity contribution in [3.63, 3.8) is 0 Å². The van der Waals surface area contributed by atoms with Crippen LogP contribution in [0.2, 0.25) is 0 Å². The average molecular weight is 198 g/mol. The van der Waals surface area contributed by atoms with E-state index in [9.17, 15) is 0 Å².